The molecule has 7 nitrogen and oxygen atoms in total. The van der Waals surface area contributed by atoms with Gasteiger partial charge in [-0.25, -0.2) is 4.39 Å². The van der Waals surface area contributed by atoms with Gasteiger partial charge in [0.25, 0.3) is 0 Å². The van der Waals surface area contributed by atoms with Gasteiger partial charge < -0.3 is 9.64 Å². The molecule has 0 bridgehead atoms. The maximum absolute atomic E-state index is 13.3. The molecular formula is C13H14FN5O2S. The van der Waals surface area contributed by atoms with Crippen molar-refractivity contribution in [3.63, 3.8) is 0 Å². The number of thioether (sulfide) groups is 1. The lowest BCUT2D eigenvalue weighted by Crippen LogP contribution is -2.41. The lowest BCUT2D eigenvalue weighted by atomic mass is 10.3. The Labute approximate surface area is 130 Å². The van der Waals surface area contributed by atoms with Crippen molar-refractivity contribution < 1.29 is 13.9 Å². The van der Waals surface area contributed by atoms with Crippen LogP contribution in [0.25, 0.3) is 5.69 Å². The summed E-state index contributed by atoms with van der Waals surface area (Å²) in [6, 6.07) is 5.97. The third-order valence-corrected chi connectivity index (χ3v) is 4.09. The highest BCUT2D eigenvalue weighted by atomic mass is 32.2. The van der Waals surface area contributed by atoms with Gasteiger partial charge in [0.1, 0.15) is 5.82 Å². The van der Waals surface area contributed by atoms with Crippen molar-refractivity contribution in [2.75, 3.05) is 32.1 Å². The van der Waals surface area contributed by atoms with E-state index >= 15 is 0 Å². The van der Waals surface area contributed by atoms with Gasteiger partial charge in [0.2, 0.25) is 11.1 Å². The molecule has 1 aromatic carbocycles. The predicted octanol–water partition coefficient (Wildman–Crippen LogP) is 0.752. The van der Waals surface area contributed by atoms with Crippen LogP contribution in [0, 0.1) is 5.82 Å². The molecule has 1 aliphatic rings. The van der Waals surface area contributed by atoms with Gasteiger partial charge in [-0.1, -0.05) is 17.8 Å². The number of hydrogen-bond donors (Lipinski definition) is 0. The van der Waals surface area contributed by atoms with Crippen LogP contribution in [-0.2, 0) is 9.53 Å². The summed E-state index contributed by atoms with van der Waals surface area (Å²) < 4.78 is 19.9. The van der Waals surface area contributed by atoms with Crippen LogP contribution in [-0.4, -0.2) is 63.1 Å². The number of halogens is 1. The Morgan fingerprint density at radius 2 is 2.18 bits per heavy atom. The van der Waals surface area contributed by atoms with E-state index in [1.165, 1.54) is 28.6 Å². The van der Waals surface area contributed by atoms with Crippen LogP contribution in [0.5, 0.6) is 0 Å². The topological polar surface area (TPSA) is 73.1 Å². The third kappa shape index (κ3) is 3.42. The fourth-order valence-electron chi connectivity index (χ4n) is 2.07. The van der Waals surface area contributed by atoms with Crippen LogP contribution in [0.3, 0.4) is 0 Å². The summed E-state index contributed by atoms with van der Waals surface area (Å²) in [6.45, 7) is 2.34. The normalized spacial score (nSPS) is 15.0. The highest BCUT2D eigenvalue weighted by molar-refractivity contribution is 7.99. The van der Waals surface area contributed by atoms with Crippen LogP contribution in [0.15, 0.2) is 29.4 Å². The number of hydrogen-bond acceptors (Lipinski definition) is 6. The first kappa shape index (κ1) is 14.9. The fourth-order valence-corrected chi connectivity index (χ4v) is 2.86. The number of aromatic nitrogens is 4. The summed E-state index contributed by atoms with van der Waals surface area (Å²) in [5.74, 6) is -0.120. The summed E-state index contributed by atoms with van der Waals surface area (Å²) >= 11 is 1.23. The average molecular weight is 323 g/mol. The number of carbonyl (C=O) groups is 1. The lowest BCUT2D eigenvalue weighted by molar-refractivity contribution is -0.132. The molecule has 1 saturated heterocycles. The third-order valence-electron chi connectivity index (χ3n) is 3.18. The average Bonchev–Trinajstić information content (AvgIpc) is 3.02. The predicted molar refractivity (Wildman–Crippen MR) is 77.2 cm³/mol. The molecule has 1 fully saturated rings. The fraction of sp³-hybridized carbons (Fsp3) is 0.385. The first-order valence-electron chi connectivity index (χ1n) is 6.77. The Balaban J connectivity index is 1.66. The van der Waals surface area contributed by atoms with Crippen LogP contribution in [0.4, 0.5) is 4.39 Å². The maximum atomic E-state index is 13.3. The zero-order valence-corrected chi connectivity index (χ0v) is 12.5. The van der Waals surface area contributed by atoms with Gasteiger partial charge in [0.05, 0.1) is 24.7 Å². The van der Waals surface area contributed by atoms with Gasteiger partial charge in [-0.3, -0.25) is 4.79 Å². The Morgan fingerprint density at radius 3 is 2.95 bits per heavy atom. The van der Waals surface area contributed by atoms with E-state index in [1.807, 2.05) is 0 Å². The number of ether oxygens (including phenoxy) is 1. The minimum absolute atomic E-state index is 0.0158. The molecule has 0 radical (unpaired) electrons. The van der Waals surface area contributed by atoms with Crippen molar-refractivity contribution in [1.29, 1.82) is 0 Å². The Bertz CT molecular complexity index is 659. The van der Waals surface area contributed by atoms with E-state index < -0.39 is 0 Å². The minimum Gasteiger partial charge on any atom is -0.378 e. The van der Waals surface area contributed by atoms with Crippen molar-refractivity contribution in [1.82, 2.24) is 25.1 Å². The number of morpholine rings is 1. The molecule has 3 rings (SSSR count). The van der Waals surface area contributed by atoms with Gasteiger partial charge in [-0.2, -0.15) is 4.68 Å². The van der Waals surface area contributed by atoms with Gasteiger partial charge in [-0.15, -0.1) is 5.10 Å². The molecule has 2 heterocycles. The van der Waals surface area contributed by atoms with Crippen molar-refractivity contribution in [3.05, 3.63) is 30.1 Å². The second-order valence-corrected chi connectivity index (χ2v) is 5.58. The molecule has 0 unspecified atom stereocenters. The molecule has 0 N–H and O–H groups in total. The van der Waals surface area contributed by atoms with Crippen molar-refractivity contribution in [2.45, 2.75) is 5.16 Å². The minimum atomic E-state index is -0.367. The van der Waals surface area contributed by atoms with E-state index in [2.05, 4.69) is 15.5 Å². The molecule has 0 aliphatic carbocycles. The molecule has 116 valence electrons. The molecule has 22 heavy (non-hydrogen) atoms. The monoisotopic (exact) mass is 323 g/mol. The van der Waals surface area contributed by atoms with Gasteiger partial charge in [0.15, 0.2) is 0 Å². The summed E-state index contributed by atoms with van der Waals surface area (Å²) in [6.07, 6.45) is 0. The van der Waals surface area contributed by atoms with E-state index in [0.717, 1.165) is 0 Å². The summed E-state index contributed by atoms with van der Waals surface area (Å²) in [4.78, 5) is 13.9. The highest BCUT2D eigenvalue weighted by Gasteiger charge is 2.18. The van der Waals surface area contributed by atoms with Crippen molar-refractivity contribution >= 4 is 17.7 Å². The molecular weight excluding hydrogens is 309 g/mol. The van der Waals surface area contributed by atoms with Crippen LogP contribution in [0.1, 0.15) is 0 Å². The molecule has 1 aliphatic heterocycles. The van der Waals surface area contributed by atoms with E-state index in [1.54, 1.807) is 17.0 Å². The Kier molecular flexibility index (Phi) is 4.64. The summed E-state index contributed by atoms with van der Waals surface area (Å²) in [5, 5.41) is 11.8. The standard InChI is InChI=1S/C13H14FN5O2S/c14-10-2-1-3-11(8-10)19-13(15-16-17-19)22-9-12(20)18-4-6-21-7-5-18/h1-3,8H,4-7,9H2. The molecule has 2 aromatic rings. The number of benzene rings is 1. The molecule has 1 amide bonds. The van der Waals surface area contributed by atoms with E-state index in [0.29, 0.717) is 37.1 Å². The Morgan fingerprint density at radius 1 is 1.36 bits per heavy atom. The Hall–Kier alpha value is -2.00. The SMILES string of the molecule is O=C(CSc1nnnn1-c1cccc(F)c1)N1CCOCC1. The zero-order chi connectivity index (χ0) is 15.4. The smallest absolute Gasteiger partial charge is 0.233 e. The van der Waals surface area contributed by atoms with E-state index in [4.69, 9.17) is 4.74 Å². The van der Waals surface area contributed by atoms with E-state index in [9.17, 15) is 9.18 Å². The van der Waals surface area contributed by atoms with Crippen molar-refractivity contribution in [2.24, 2.45) is 0 Å². The van der Waals surface area contributed by atoms with Crippen LogP contribution >= 0.6 is 11.8 Å². The molecule has 1 aromatic heterocycles. The second kappa shape index (κ2) is 6.84. The second-order valence-electron chi connectivity index (χ2n) is 4.63. The number of rotatable bonds is 4. The van der Waals surface area contributed by atoms with Gasteiger partial charge in [0, 0.05) is 13.1 Å². The number of carbonyl (C=O) groups excluding carboxylic acids is 1. The largest absolute Gasteiger partial charge is 0.378 e. The van der Waals surface area contributed by atoms with Crippen LogP contribution < -0.4 is 0 Å². The zero-order valence-electron chi connectivity index (χ0n) is 11.7. The van der Waals surface area contributed by atoms with Gasteiger partial charge >= 0.3 is 0 Å². The number of amides is 1. The summed E-state index contributed by atoms with van der Waals surface area (Å²) in [5.41, 5.74) is 0.520. The molecule has 0 atom stereocenters. The number of tetrazole rings is 1. The maximum Gasteiger partial charge on any atom is 0.233 e. The molecule has 9 heteroatoms. The molecule has 0 spiro atoms. The first-order chi connectivity index (χ1) is 10.7. The molecule has 0 saturated carbocycles. The van der Waals surface area contributed by atoms with Crippen molar-refractivity contribution in [3.8, 4) is 5.69 Å². The van der Waals surface area contributed by atoms with Gasteiger partial charge in [-0.05, 0) is 28.6 Å². The summed E-state index contributed by atoms with van der Waals surface area (Å²) in [7, 11) is 0. The lowest BCUT2D eigenvalue weighted by Gasteiger charge is -2.26. The highest BCUT2D eigenvalue weighted by Crippen LogP contribution is 2.19. The quantitative estimate of drug-likeness (QED) is 0.773. The number of nitrogens with zero attached hydrogens (tertiary/aromatic N) is 5. The van der Waals surface area contributed by atoms with E-state index in [-0.39, 0.29) is 17.5 Å². The first-order valence-corrected chi connectivity index (χ1v) is 7.75. The van der Waals surface area contributed by atoms with Crippen LogP contribution in [0.2, 0.25) is 0 Å².